The predicted molar refractivity (Wildman–Crippen MR) is 65.8 cm³/mol. The van der Waals surface area contributed by atoms with Crippen LogP contribution in [0, 0.1) is 6.92 Å². The van der Waals surface area contributed by atoms with Crippen molar-refractivity contribution in [2.45, 2.75) is 30.6 Å². The van der Waals surface area contributed by atoms with Gasteiger partial charge in [0, 0.05) is 11.8 Å². The van der Waals surface area contributed by atoms with Gasteiger partial charge in [-0.25, -0.2) is 4.79 Å². The van der Waals surface area contributed by atoms with Crippen LogP contribution in [0.5, 0.6) is 0 Å². The third kappa shape index (κ3) is 2.12. The van der Waals surface area contributed by atoms with Crippen LogP contribution in [-0.4, -0.2) is 43.8 Å². The maximum atomic E-state index is 11.7. The van der Waals surface area contributed by atoms with Gasteiger partial charge in [-0.2, -0.15) is 12.6 Å². The SMILES string of the molecule is Cc1cn(C2OC(CO)C(O)C2S)c(=O)[nH]c1=O. The van der Waals surface area contributed by atoms with Gasteiger partial charge >= 0.3 is 5.69 Å². The summed E-state index contributed by atoms with van der Waals surface area (Å²) in [5.74, 6) is 0. The van der Waals surface area contributed by atoms with Crippen LogP contribution in [0.15, 0.2) is 15.8 Å². The second kappa shape index (κ2) is 4.88. The molecule has 0 aromatic carbocycles. The normalized spacial score (nSPS) is 31.8. The number of aromatic amines is 1. The number of aliphatic hydroxyl groups excluding tert-OH is 2. The number of thiol groups is 1. The number of nitrogens with zero attached hydrogens (tertiary/aromatic N) is 1. The van der Waals surface area contributed by atoms with Gasteiger partial charge in [0.05, 0.1) is 18.0 Å². The molecule has 0 aliphatic carbocycles. The number of aryl methyl sites for hydroxylation is 1. The first kappa shape index (κ1) is 13.3. The minimum Gasteiger partial charge on any atom is -0.394 e. The molecule has 4 unspecified atom stereocenters. The number of nitrogens with one attached hydrogen (secondary N) is 1. The molecule has 4 atom stereocenters. The van der Waals surface area contributed by atoms with Crippen molar-refractivity contribution in [3.63, 3.8) is 0 Å². The van der Waals surface area contributed by atoms with Gasteiger partial charge in [0.2, 0.25) is 0 Å². The fourth-order valence-electron chi connectivity index (χ4n) is 1.88. The van der Waals surface area contributed by atoms with Gasteiger partial charge in [-0.3, -0.25) is 14.3 Å². The summed E-state index contributed by atoms with van der Waals surface area (Å²) in [6, 6.07) is 0. The predicted octanol–water partition coefficient (Wildman–Crippen LogP) is -1.61. The maximum Gasteiger partial charge on any atom is 0.330 e. The van der Waals surface area contributed by atoms with Crippen molar-refractivity contribution in [2.75, 3.05) is 6.61 Å². The molecular weight excluding hydrogens is 260 g/mol. The van der Waals surface area contributed by atoms with Gasteiger partial charge < -0.3 is 14.9 Å². The molecule has 2 rings (SSSR count). The summed E-state index contributed by atoms with van der Waals surface area (Å²) in [5, 5.41) is 18.1. The second-order valence-corrected chi connectivity index (χ2v) is 4.80. The van der Waals surface area contributed by atoms with Crippen molar-refractivity contribution >= 4 is 12.6 Å². The molecule has 1 aromatic heterocycles. The topological polar surface area (TPSA) is 105 Å². The Kier molecular flexibility index (Phi) is 3.62. The van der Waals surface area contributed by atoms with Crippen LogP contribution < -0.4 is 11.2 Å². The molecule has 8 heteroatoms. The monoisotopic (exact) mass is 274 g/mol. The molecular formula is C10H14N2O5S. The van der Waals surface area contributed by atoms with Crippen molar-refractivity contribution in [2.24, 2.45) is 0 Å². The van der Waals surface area contributed by atoms with Crippen molar-refractivity contribution in [3.05, 3.63) is 32.6 Å². The van der Waals surface area contributed by atoms with E-state index in [1.165, 1.54) is 6.20 Å². The molecule has 0 saturated carbocycles. The number of aliphatic hydroxyl groups is 2. The van der Waals surface area contributed by atoms with Crippen LogP contribution in [0.2, 0.25) is 0 Å². The van der Waals surface area contributed by atoms with E-state index in [1.54, 1.807) is 6.92 Å². The highest BCUT2D eigenvalue weighted by atomic mass is 32.1. The maximum absolute atomic E-state index is 11.7. The molecule has 7 nitrogen and oxygen atoms in total. The lowest BCUT2D eigenvalue weighted by Gasteiger charge is -2.17. The van der Waals surface area contributed by atoms with Crippen LogP contribution >= 0.6 is 12.6 Å². The van der Waals surface area contributed by atoms with Crippen LogP contribution in [0.1, 0.15) is 11.8 Å². The molecule has 1 aromatic rings. The Balaban J connectivity index is 2.42. The summed E-state index contributed by atoms with van der Waals surface area (Å²) < 4.78 is 6.52. The summed E-state index contributed by atoms with van der Waals surface area (Å²) in [4.78, 5) is 25.1. The lowest BCUT2D eigenvalue weighted by atomic mass is 10.2. The van der Waals surface area contributed by atoms with E-state index in [9.17, 15) is 14.7 Å². The number of rotatable bonds is 2. The van der Waals surface area contributed by atoms with Gasteiger partial charge in [0.1, 0.15) is 6.10 Å². The van der Waals surface area contributed by atoms with Crippen molar-refractivity contribution in [3.8, 4) is 0 Å². The lowest BCUT2D eigenvalue weighted by molar-refractivity contribution is -0.0457. The fraction of sp³-hybridized carbons (Fsp3) is 0.600. The zero-order valence-electron chi connectivity index (χ0n) is 9.61. The number of aromatic nitrogens is 2. The molecule has 0 radical (unpaired) electrons. The van der Waals surface area contributed by atoms with Crippen LogP contribution in [-0.2, 0) is 4.74 Å². The van der Waals surface area contributed by atoms with Crippen molar-refractivity contribution in [1.29, 1.82) is 0 Å². The third-order valence-electron chi connectivity index (χ3n) is 2.94. The van der Waals surface area contributed by atoms with E-state index in [0.29, 0.717) is 5.56 Å². The minimum absolute atomic E-state index is 0.348. The molecule has 0 amide bonds. The molecule has 1 aliphatic heterocycles. The highest BCUT2D eigenvalue weighted by Crippen LogP contribution is 2.31. The van der Waals surface area contributed by atoms with Gasteiger partial charge in [-0.05, 0) is 6.92 Å². The lowest BCUT2D eigenvalue weighted by Crippen LogP contribution is -2.36. The summed E-state index contributed by atoms with van der Waals surface area (Å²) in [7, 11) is 0. The quantitative estimate of drug-likeness (QED) is 0.486. The number of hydrogen-bond donors (Lipinski definition) is 4. The molecule has 1 fully saturated rings. The van der Waals surface area contributed by atoms with Gasteiger partial charge in [0.25, 0.3) is 5.56 Å². The Bertz CT molecular complexity index is 554. The fourth-order valence-corrected chi connectivity index (χ4v) is 2.29. The number of hydrogen-bond acceptors (Lipinski definition) is 6. The molecule has 100 valence electrons. The average molecular weight is 274 g/mol. The summed E-state index contributed by atoms with van der Waals surface area (Å²) in [6.45, 7) is 1.18. The largest absolute Gasteiger partial charge is 0.394 e. The molecule has 1 aliphatic rings. The van der Waals surface area contributed by atoms with Crippen LogP contribution in [0.25, 0.3) is 0 Å². The van der Waals surface area contributed by atoms with Gasteiger partial charge in [0.15, 0.2) is 6.23 Å². The first-order valence-electron chi connectivity index (χ1n) is 5.40. The zero-order chi connectivity index (χ0) is 13.4. The van der Waals surface area contributed by atoms with E-state index >= 15 is 0 Å². The van der Waals surface area contributed by atoms with E-state index in [-0.39, 0.29) is 6.61 Å². The van der Waals surface area contributed by atoms with E-state index in [0.717, 1.165) is 4.57 Å². The number of ether oxygens (including phenoxy) is 1. The van der Waals surface area contributed by atoms with E-state index < -0.39 is 34.9 Å². The molecule has 1 saturated heterocycles. The Hall–Kier alpha value is -1.09. The molecule has 2 heterocycles. The number of H-pyrrole nitrogens is 1. The first-order chi connectivity index (χ1) is 8.45. The highest BCUT2D eigenvalue weighted by Gasteiger charge is 2.42. The average Bonchev–Trinajstić information content (AvgIpc) is 2.61. The van der Waals surface area contributed by atoms with Crippen LogP contribution in [0.4, 0.5) is 0 Å². The van der Waals surface area contributed by atoms with E-state index in [2.05, 4.69) is 17.6 Å². The highest BCUT2D eigenvalue weighted by molar-refractivity contribution is 7.81. The molecule has 18 heavy (non-hydrogen) atoms. The Morgan fingerprint density at radius 1 is 1.56 bits per heavy atom. The Labute approximate surface area is 107 Å². The summed E-state index contributed by atoms with van der Waals surface area (Å²) >= 11 is 4.18. The minimum atomic E-state index is -0.984. The summed E-state index contributed by atoms with van der Waals surface area (Å²) in [5.41, 5.74) is -0.759. The first-order valence-corrected chi connectivity index (χ1v) is 5.92. The van der Waals surface area contributed by atoms with E-state index in [4.69, 9.17) is 9.84 Å². The molecule has 0 bridgehead atoms. The summed E-state index contributed by atoms with van der Waals surface area (Å²) in [6.07, 6.45) is -1.26. The Morgan fingerprint density at radius 3 is 2.78 bits per heavy atom. The smallest absolute Gasteiger partial charge is 0.330 e. The van der Waals surface area contributed by atoms with Crippen LogP contribution in [0.3, 0.4) is 0 Å². The van der Waals surface area contributed by atoms with Gasteiger partial charge in [-0.1, -0.05) is 0 Å². The second-order valence-electron chi connectivity index (χ2n) is 4.21. The van der Waals surface area contributed by atoms with Crippen molar-refractivity contribution < 1.29 is 14.9 Å². The third-order valence-corrected chi connectivity index (χ3v) is 3.50. The van der Waals surface area contributed by atoms with Crippen molar-refractivity contribution in [1.82, 2.24) is 9.55 Å². The standard InChI is InChI=1S/C10H14N2O5S/c1-4-2-12(10(16)11-8(4)15)9-7(18)6(14)5(3-13)17-9/h2,5-7,9,13-14,18H,3H2,1H3,(H,11,15,16). The van der Waals surface area contributed by atoms with E-state index in [1.807, 2.05) is 0 Å². The zero-order valence-corrected chi connectivity index (χ0v) is 10.5. The Morgan fingerprint density at radius 2 is 2.22 bits per heavy atom. The molecule has 0 spiro atoms. The van der Waals surface area contributed by atoms with Gasteiger partial charge in [-0.15, -0.1) is 0 Å². The molecule has 3 N–H and O–H groups in total.